The topological polar surface area (TPSA) is 138 Å². The number of likely N-dealkylation sites (tertiary alicyclic amines) is 1. The number of ether oxygens (including phenoxy) is 1. The van der Waals surface area contributed by atoms with E-state index in [-0.39, 0.29) is 11.8 Å². The quantitative estimate of drug-likeness (QED) is 0.187. The Balaban J connectivity index is 1.20. The number of hydrogen-bond donors (Lipinski definition) is 3. The number of aromatic nitrogens is 7. The van der Waals surface area contributed by atoms with E-state index in [0.717, 1.165) is 41.7 Å². The molecule has 6 aromatic rings. The lowest BCUT2D eigenvalue weighted by Gasteiger charge is -2.15. The SMILES string of the molecule is CC(C)C(=O)Nc1cncc(-c2cnc3n[nH]c(-c4nc5c(-c6cc(F)cc(OCCN7CCCC7)c6)nccc5[nH]4)c3c2)c1. The van der Waals surface area contributed by atoms with Gasteiger partial charge < -0.3 is 15.0 Å². The number of rotatable bonds is 9. The number of hydrogen-bond acceptors (Lipinski definition) is 8. The lowest BCUT2D eigenvalue weighted by atomic mass is 10.1. The molecule has 1 aliphatic rings. The molecule has 6 heterocycles. The van der Waals surface area contributed by atoms with Crippen LogP contribution in [0, 0.1) is 11.7 Å². The second kappa shape index (κ2) is 12.0. The van der Waals surface area contributed by atoms with Crippen molar-refractivity contribution in [1.29, 1.82) is 0 Å². The van der Waals surface area contributed by atoms with Crippen LogP contribution < -0.4 is 10.1 Å². The third-order valence-corrected chi connectivity index (χ3v) is 7.93. The van der Waals surface area contributed by atoms with E-state index in [0.29, 0.717) is 52.0 Å². The highest BCUT2D eigenvalue weighted by Gasteiger charge is 2.18. The minimum Gasteiger partial charge on any atom is -0.492 e. The number of nitrogens with zero attached hydrogens (tertiary/aromatic N) is 6. The van der Waals surface area contributed by atoms with Gasteiger partial charge in [-0.2, -0.15) is 5.10 Å². The van der Waals surface area contributed by atoms with Gasteiger partial charge in [0.25, 0.3) is 0 Å². The number of aromatic amines is 2. The smallest absolute Gasteiger partial charge is 0.226 e. The minimum atomic E-state index is -0.404. The maximum atomic E-state index is 14.8. The summed E-state index contributed by atoms with van der Waals surface area (Å²) in [4.78, 5) is 36.2. The third kappa shape index (κ3) is 5.96. The number of amides is 1. The molecular formula is C33H32FN9O2. The fourth-order valence-corrected chi connectivity index (χ4v) is 5.54. The van der Waals surface area contributed by atoms with Crippen LogP contribution in [0.5, 0.6) is 5.75 Å². The zero-order chi connectivity index (χ0) is 30.9. The highest BCUT2D eigenvalue weighted by Crippen LogP contribution is 2.33. The van der Waals surface area contributed by atoms with Crippen molar-refractivity contribution in [3.05, 3.63) is 67.0 Å². The molecule has 0 aliphatic carbocycles. The van der Waals surface area contributed by atoms with Crippen molar-refractivity contribution in [2.75, 3.05) is 31.6 Å². The fraction of sp³-hybridized carbons (Fsp3) is 0.273. The molecule has 1 aliphatic heterocycles. The molecule has 11 nitrogen and oxygen atoms in total. The van der Waals surface area contributed by atoms with Crippen molar-refractivity contribution in [1.82, 2.24) is 40.0 Å². The maximum Gasteiger partial charge on any atom is 0.226 e. The number of imidazole rings is 1. The van der Waals surface area contributed by atoms with Crippen molar-refractivity contribution in [2.24, 2.45) is 5.92 Å². The third-order valence-electron chi connectivity index (χ3n) is 7.93. The molecule has 0 saturated carbocycles. The average molecular weight is 606 g/mol. The molecular weight excluding hydrogens is 573 g/mol. The number of halogens is 1. The summed E-state index contributed by atoms with van der Waals surface area (Å²) in [5, 5.41) is 11.1. The van der Waals surface area contributed by atoms with Crippen LogP contribution in [0.4, 0.5) is 10.1 Å². The summed E-state index contributed by atoms with van der Waals surface area (Å²) in [5.74, 6) is 0.353. The van der Waals surface area contributed by atoms with Crippen LogP contribution in [0.25, 0.3) is 56.0 Å². The number of pyridine rings is 3. The molecule has 228 valence electrons. The Morgan fingerprint density at radius 2 is 1.89 bits per heavy atom. The number of anilines is 1. The van der Waals surface area contributed by atoms with Crippen LogP contribution in [0.1, 0.15) is 26.7 Å². The van der Waals surface area contributed by atoms with Gasteiger partial charge in [-0.1, -0.05) is 13.8 Å². The highest BCUT2D eigenvalue weighted by molar-refractivity contribution is 5.97. The second-order valence-corrected chi connectivity index (χ2v) is 11.5. The summed E-state index contributed by atoms with van der Waals surface area (Å²) in [6.07, 6.45) is 9.14. The molecule has 0 atom stereocenters. The molecule has 1 aromatic carbocycles. The average Bonchev–Trinajstić information content (AvgIpc) is 3.80. The van der Waals surface area contributed by atoms with Gasteiger partial charge in [0.1, 0.15) is 29.4 Å². The first-order valence-electron chi connectivity index (χ1n) is 15.0. The van der Waals surface area contributed by atoms with Gasteiger partial charge in [-0.15, -0.1) is 0 Å². The minimum absolute atomic E-state index is 0.0853. The van der Waals surface area contributed by atoms with Crippen molar-refractivity contribution in [3.63, 3.8) is 0 Å². The normalized spacial score (nSPS) is 13.7. The Bertz CT molecular complexity index is 2010. The first kappa shape index (κ1) is 28.5. The van der Waals surface area contributed by atoms with E-state index in [1.54, 1.807) is 30.9 Å². The van der Waals surface area contributed by atoms with Crippen LogP contribution in [0.3, 0.4) is 0 Å². The van der Waals surface area contributed by atoms with Gasteiger partial charge in [0.05, 0.1) is 28.5 Å². The Kier molecular flexibility index (Phi) is 7.64. The molecule has 45 heavy (non-hydrogen) atoms. The highest BCUT2D eigenvalue weighted by atomic mass is 19.1. The lowest BCUT2D eigenvalue weighted by molar-refractivity contribution is -0.118. The molecule has 0 unspecified atom stereocenters. The summed E-state index contributed by atoms with van der Waals surface area (Å²) in [7, 11) is 0. The monoisotopic (exact) mass is 605 g/mol. The van der Waals surface area contributed by atoms with E-state index in [1.807, 2.05) is 32.0 Å². The van der Waals surface area contributed by atoms with E-state index < -0.39 is 5.82 Å². The number of H-pyrrole nitrogens is 2. The Morgan fingerprint density at radius 1 is 1.04 bits per heavy atom. The van der Waals surface area contributed by atoms with Crippen LogP contribution in [-0.2, 0) is 4.79 Å². The summed E-state index contributed by atoms with van der Waals surface area (Å²) >= 11 is 0. The number of carbonyl (C=O) groups is 1. The molecule has 0 spiro atoms. The predicted octanol–water partition coefficient (Wildman–Crippen LogP) is 5.83. The Morgan fingerprint density at radius 3 is 2.73 bits per heavy atom. The van der Waals surface area contributed by atoms with E-state index in [2.05, 4.69) is 40.3 Å². The van der Waals surface area contributed by atoms with Gasteiger partial charge >= 0.3 is 0 Å². The van der Waals surface area contributed by atoms with E-state index in [1.165, 1.54) is 25.0 Å². The first-order valence-corrected chi connectivity index (χ1v) is 15.0. The summed E-state index contributed by atoms with van der Waals surface area (Å²) < 4.78 is 20.7. The zero-order valence-electron chi connectivity index (χ0n) is 25.0. The Labute approximate surface area is 258 Å². The standard InChI is InChI=1S/C33H32FN9O2/c1-19(2)33(44)38-24-12-21(16-35-18-24)22-14-26-29(41-42-31(26)37-17-22)32-39-27-5-6-36-28(30(27)40-32)20-11-23(34)15-25(13-20)45-10-9-43-7-3-4-8-43/h5-6,11-19H,3-4,7-10H2,1-2H3,(H,38,44)(H,39,40)(H,37,41,42). The fourth-order valence-electron chi connectivity index (χ4n) is 5.54. The molecule has 5 aromatic heterocycles. The van der Waals surface area contributed by atoms with E-state index in [4.69, 9.17) is 9.72 Å². The first-order chi connectivity index (χ1) is 21.9. The van der Waals surface area contributed by atoms with Crippen molar-refractivity contribution < 1.29 is 13.9 Å². The number of carbonyl (C=O) groups excluding carboxylic acids is 1. The van der Waals surface area contributed by atoms with Crippen molar-refractivity contribution in [3.8, 4) is 39.7 Å². The second-order valence-electron chi connectivity index (χ2n) is 11.5. The van der Waals surface area contributed by atoms with Crippen molar-refractivity contribution >= 4 is 33.7 Å². The predicted molar refractivity (Wildman–Crippen MR) is 170 cm³/mol. The van der Waals surface area contributed by atoms with Crippen LogP contribution >= 0.6 is 0 Å². The van der Waals surface area contributed by atoms with E-state index in [9.17, 15) is 9.18 Å². The van der Waals surface area contributed by atoms with Gasteiger partial charge in [0, 0.05) is 53.8 Å². The summed E-state index contributed by atoms with van der Waals surface area (Å²) in [6, 6.07) is 10.3. The van der Waals surface area contributed by atoms with Gasteiger partial charge in [-0.3, -0.25) is 24.8 Å². The number of nitrogens with one attached hydrogen (secondary N) is 3. The van der Waals surface area contributed by atoms with Gasteiger partial charge in [0.2, 0.25) is 5.91 Å². The van der Waals surface area contributed by atoms with Crippen LogP contribution in [0.2, 0.25) is 0 Å². The number of fused-ring (bicyclic) bond motifs is 2. The number of benzene rings is 1. The Hall–Kier alpha value is -5.23. The van der Waals surface area contributed by atoms with E-state index >= 15 is 0 Å². The molecule has 3 N–H and O–H groups in total. The van der Waals surface area contributed by atoms with Gasteiger partial charge in [0.15, 0.2) is 11.5 Å². The largest absolute Gasteiger partial charge is 0.492 e. The zero-order valence-corrected chi connectivity index (χ0v) is 25.0. The molecule has 1 amide bonds. The summed E-state index contributed by atoms with van der Waals surface area (Å²) in [6.45, 7) is 7.13. The summed E-state index contributed by atoms with van der Waals surface area (Å²) in [5.41, 5.74) is 5.79. The van der Waals surface area contributed by atoms with Crippen LogP contribution in [-0.4, -0.2) is 72.2 Å². The molecule has 0 bridgehead atoms. The van der Waals surface area contributed by atoms with Crippen molar-refractivity contribution in [2.45, 2.75) is 26.7 Å². The molecule has 0 radical (unpaired) electrons. The van der Waals surface area contributed by atoms with Crippen LogP contribution in [0.15, 0.2) is 61.2 Å². The molecule has 1 saturated heterocycles. The van der Waals surface area contributed by atoms with Gasteiger partial charge in [-0.25, -0.2) is 14.4 Å². The van der Waals surface area contributed by atoms with Gasteiger partial charge in [-0.05, 0) is 56.3 Å². The molecule has 1 fully saturated rings. The molecule has 12 heteroatoms. The lowest BCUT2D eigenvalue weighted by Crippen LogP contribution is -2.25. The molecule has 7 rings (SSSR count). The maximum absolute atomic E-state index is 14.8.